The zero-order valence-corrected chi connectivity index (χ0v) is 17.1. The van der Waals surface area contributed by atoms with Crippen molar-refractivity contribution in [3.63, 3.8) is 0 Å². The number of aromatic nitrogens is 5. The summed E-state index contributed by atoms with van der Waals surface area (Å²) in [6, 6.07) is 11.5. The number of H-pyrrole nitrogens is 1. The highest BCUT2D eigenvalue weighted by molar-refractivity contribution is 5.80. The number of rotatable bonds is 7. The lowest BCUT2D eigenvalue weighted by atomic mass is 10.0. The van der Waals surface area contributed by atoms with E-state index in [1.165, 1.54) is 6.07 Å². The van der Waals surface area contributed by atoms with E-state index in [0.717, 1.165) is 12.3 Å². The van der Waals surface area contributed by atoms with Gasteiger partial charge in [-0.3, -0.25) is 0 Å². The molecule has 0 unspecified atom stereocenters. The number of nitriles is 1. The summed E-state index contributed by atoms with van der Waals surface area (Å²) in [6.45, 7) is 0.744. The minimum absolute atomic E-state index is 0.322. The van der Waals surface area contributed by atoms with Gasteiger partial charge in [0.1, 0.15) is 11.6 Å². The summed E-state index contributed by atoms with van der Waals surface area (Å²) in [7, 11) is 0. The van der Waals surface area contributed by atoms with E-state index in [0.29, 0.717) is 53.1 Å². The summed E-state index contributed by atoms with van der Waals surface area (Å²) in [5.74, 6) is 1.22. The minimum atomic E-state index is -4.42. The van der Waals surface area contributed by atoms with Crippen molar-refractivity contribution in [1.29, 1.82) is 5.26 Å². The molecule has 33 heavy (non-hydrogen) atoms. The summed E-state index contributed by atoms with van der Waals surface area (Å²) < 4.78 is 37.9. The van der Waals surface area contributed by atoms with Crippen molar-refractivity contribution in [1.82, 2.24) is 24.9 Å². The van der Waals surface area contributed by atoms with E-state index in [2.05, 4.69) is 41.6 Å². The monoisotopic (exact) mass is 450 g/mol. The van der Waals surface area contributed by atoms with Crippen molar-refractivity contribution < 1.29 is 13.2 Å². The maximum absolute atomic E-state index is 12.6. The van der Waals surface area contributed by atoms with E-state index in [9.17, 15) is 18.4 Å². The Labute approximate surface area is 186 Å². The van der Waals surface area contributed by atoms with E-state index < -0.39 is 11.7 Å². The van der Waals surface area contributed by atoms with E-state index in [1.54, 1.807) is 36.8 Å². The van der Waals surface area contributed by atoms with Gasteiger partial charge in [0.25, 0.3) is 0 Å². The first-order valence-electron chi connectivity index (χ1n) is 9.83. The molecule has 0 radical (unpaired) electrons. The van der Waals surface area contributed by atoms with Crippen LogP contribution in [0.4, 0.5) is 24.9 Å². The summed E-state index contributed by atoms with van der Waals surface area (Å²) in [5, 5.41) is 15.5. The predicted molar refractivity (Wildman–Crippen MR) is 116 cm³/mol. The second kappa shape index (κ2) is 9.35. The number of alkyl halides is 3. The highest BCUT2D eigenvalue weighted by Gasteiger charge is 2.30. The number of anilines is 2. The van der Waals surface area contributed by atoms with Crippen LogP contribution in [0.25, 0.3) is 22.6 Å². The van der Waals surface area contributed by atoms with Crippen LogP contribution in [0.2, 0.25) is 0 Å². The molecule has 8 nitrogen and oxygen atoms in total. The third-order valence-electron chi connectivity index (χ3n) is 4.65. The SMILES string of the molecule is N#Cc1ccccc1-c1nc(NCCNc2ccc(C(F)(F)F)cn2)ncc1-c1ncc[nH]1. The molecule has 0 aliphatic carbocycles. The molecule has 11 heteroatoms. The van der Waals surface area contributed by atoms with Crippen LogP contribution >= 0.6 is 0 Å². The van der Waals surface area contributed by atoms with Crippen molar-refractivity contribution in [3.8, 4) is 28.7 Å². The molecule has 0 saturated heterocycles. The van der Waals surface area contributed by atoms with Gasteiger partial charge in [0, 0.05) is 43.4 Å². The Morgan fingerprint density at radius 1 is 0.939 bits per heavy atom. The highest BCUT2D eigenvalue weighted by atomic mass is 19.4. The second-order valence-corrected chi connectivity index (χ2v) is 6.83. The molecule has 0 aliphatic rings. The molecule has 3 aromatic heterocycles. The predicted octanol–water partition coefficient (Wildman–Crippen LogP) is 4.34. The highest BCUT2D eigenvalue weighted by Crippen LogP contribution is 2.31. The van der Waals surface area contributed by atoms with E-state index in [-0.39, 0.29) is 0 Å². The smallest absolute Gasteiger partial charge is 0.368 e. The third kappa shape index (κ3) is 5.07. The Balaban J connectivity index is 1.48. The minimum Gasteiger partial charge on any atom is -0.368 e. The van der Waals surface area contributed by atoms with Crippen LogP contribution in [0, 0.1) is 11.3 Å². The van der Waals surface area contributed by atoms with Gasteiger partial charge in [-0.2, -0.15) is 18.4 Å². The number of aromatic amines is 1. The summed E-state index contributed by atoms with van der Waals surface area (Å²) >= 11 is 0. The Bertz CT molecular complexity index is 1260. The van der Waals surface area contributed by atoms with Gasteiger partial charge >= 0.3 is 6.18 Å². The van der Waals surface area contributed by atoms with Crippen LogP contribution in [0.1, 0.15) is 11.1 Å². The van der Waals surface area contributed by atoms with Gasteiger partial charge in [-0.15, -0.1) is 0 Å². The Morgan fingerprint density at radius 2 is 1.76 bits per heavy atom. The molecule has 3 N–H and O–H groups in total. The van der Waals surface area contributed by atoms with Crippen molar-refractivity contribution in [2.45, 2.75) is 6.18 Å². The molecule has 4 rings (SSSR count). The Kier molecular flexibility index (Phi) is 6.17. The number of hydrogen-bond acceptors (Lipinski definition) is 7. The van der Waals surface area contributed by atoms with Crippen molar-refractivity contribution in [3.05, 3.63) is 72.3 Å². The average Bonchev–Trinajstić information content (AvgIpc) is 3.36. The molecule has 1 aromatic carbocycles. The van der Waals surface area contributed by atoms with E-state index in [1.807, 2.05) is 6.07 Å². The summed E-state index contributed by atoms with van der Waals surface area (Å²) in [6.07, 6.45) is 1.27. The van der Waals surface area contributed by atoms with Crippen LogP contribution in [-0.4, -0.2) is 38.0 Å². The number of hydrogen-bond donors (Lipinski definition) is 3. The van der Waals surface area contributed by atoms with Crippen LogP contribution < -0.4 is 10.6 Å². The van der Waals surface area contributed by atoms with E-state index >= 15 is 0 Å². The van der Waals surface area contributed by atoms with Crippen LogP contribution in [0.5, 0.6) is 0 Å². The molecular formula is C22H17F3N8. The molecule has 0 aliphatic heterocycles. The van der Waals surface area contributed by atoms with Gasteiger partial charge in [-0.1, -0.05) is 18.2 Å². The molecule has 166 valence electrons. The van der Waals surface area contributed by atoms with E-state index in [4.69, 9.17) is 0 Å². The lowest BCUT2D eigenvalue weighted by Crippen LogP contribution is -2.16. The largest absolute Gasteiger partial charge is 0.417 e. The van der Waals surface area contributed by atoms with Crippen LogP contribution in [0.3, 0.4) is 0 Å². The molecule has 0 saturated carbocycles. The fraction of sp³-hybridized carbons (Fsp3) is 0.136. The first kappa shape index (κ1) is 21.8. The lowest BCUT2D eigenvalue weighted by Gasteiger charge is -2.12. The molecular weight excluding hydrogens is 433 g/mol. The molecule has 4 aromatic rings. The molecule has 0 bridgehead atoms. The molecule has 3 heterocycles. The Hall–Kier alpha value is -4.46. The zero-order chi connectivity index (χ0) is 23.3. The molecule has 0 spiro atoms. The maximum Gasteiger partial charge on any atom is 0.417 e. The first-order valence-corrected chi connectivity index (χ1v) is 9.83. The number of halogens is 3. The fourth-order valence-electron chi connectivity index (χ4n) is 3.08. The number of pyridine rings is 1. The summed E-state index contributed by atoms with van der Waals surface area (Å²) in [5.41, 5.74) is 1.48. The van der Waals surface area contributed by atoms with Gasteiger partial charge in [-0.25, -0.2) is 19.9 Å². The topological polar surface area (TPSA) is 115 Å². The number of nitrogens with one attached hydrogen (secondary N) is 3. The fourth-order valence-corrected chi connectivity index (χ4v) is 3.08. The Morgan fingerprint density at radius 3 is 2.45 bits per heavy atom. The number of nitrogens with zero attached hydrogens (tertiary/aromatic N) is 5. The number of benzene rings is 1. The van der Waals surface area contributed by atoms with Crippen molar-refractivity contribution in [2.75, 3.05) is 23.7 Å². The molecule has 0 fully saturated rings. The van der Waals surface area contributed by atoms with Gasteiger partial charge in [0.15, 0.2) is 0 Å². The standard InChI is InChI=1S/C22H17F3N8/c23-22(24,25)15-5-6-18(31-12-15)27-7-10-30-21-32-13-17(20-28-8-9-29-20)19(33-21)16-4-2-1-3-14(16)11-26/h1-6,8-9,12-13H,7,10H2,(H,27,31)(H,28,29)(H,30,32,33). The van der Waals surface area contributed by atoms with Crippen LogP contribution in [-0.2, 0) is 6.18 Å². The van der Waals surface area contributed by atoms with Crippen molar-refractivity contribution in [2.24, 2.45) is 0 Å². The van der Waals surface area contributed by atoms with Gasteiger partial charge < -0.3 is 15.6 Å². The molecule has 0 amide bonds. The lowest BCUT2D eigenvalue weighted by molar-refractivity contribution is -0.137. The average molecular weight is 450 g/mol. The maximum atomic E-state index is 12.6. The normalized spacial score (nSPS) is 11.1. The third-order valence-corrected chi connectivity index (χ3v) is 4.65. The zero-order valence-electron chi connectivity index (χ0n) is 17.1. The number of imidazole rings is 1. The molecule has 0 atom stereocenters. The first-order chi connectivity index (χ1) is 16.0. The quantitative estimate of drug-likeness (QED) is 0.359. The van der Waals surface area contributed by atoms with Crippen molar-refractivity contribution >= 4 is 11.8 Å². The van der Waals surface area contributed by atoms with Gasteiger partial charge in [0.05, 0.1) is 28.5 Å². The van der Waals surface area contributed by atoms with Gasteiger partial charge in [-0.05, 0) is 18.2 Å². The van der Waals surface area contributed by atoms with Gasteiger partial charge in [0.2, 0.25) is 5.95 Å². The van der Waals surface area contributed by atoms with Crippen LogP contribution in [0.15, 0.2) is 61.2 Å². The second-order valence-electron chi connectivity index (χ2n) is 6.83. The summed E-state index contributed by atoms with van der Waals surface area (Å²) in [4.78, 5) is 20.0.